The van der Waals surface area contributed by atoms with E-state index in [-0.39, 0.29) is 0 Å². The molecule has 60 valence electrons. The van der Waals surface area contributed by atoms with Gasteiger partial charge >= 0.3 is 11.8 Å². The fraction of sp³-hybridized carbons (Fsp3) is 1.00. The van der Waals surface area contributed by atoms with Crippen LogP contribution >= 0.6 is 0 Å². The number of halogens is 4. The summed E-state index contributed by atoms with van der Waals surface area (Å²) in [5, 5.41) is 0. The summed E-state index contributed by atoms with van der Waals surface area (Å²) < 4.78 is 52.5. The molecule has 0 N–H and O–H groups in total. The second-order valence-corrected chi connectivity index (χ2v) is 2.16. The summed E-state index contributed by atoms with van der Waals surface area (Å²) in [6.07, 6.45) is -0.743. The Morgan fingerprint density at radius 3 is 2.10 bits per heavy atom. The molecule has 1 fully saturated rings. The van der Waals surface area contributed by atoms with Crippen LogP contribution in [0.2, 0.25) is 0 Å². The fourth-order valence-electron chi connectivity index (χ4n) is 0.770. The minimum Gasteiger partial charge on any atom is -0.339 e. The molecule has 10 heavy (non-hydrogen) atoms. The third-order valence-corrected chi connectivity index (χ3v) is 1.46. The molecule has 1 heterocycles. The van der Waals surface area contributed by atoms with Gasteiger partial charge in [-0.2, -0.15) is 0 Å². The SMILES string of the molecule is FCC1(F)OCCC1(F)F. The summed E-state index contributed by atoms with van der Waals surface area (Å²) >= 11 is 0. The zero-order valence-electron chi connectivity index (χ0n) is 5.04. The smallest absolute Gasteiger partial charge is 0.310 e. The molecule has 0 bridgehead atoms. The predicted molar refractivity (Wildman–Crippen MR) is 25.3 cm³/mol. The average Bonchev–Trinajstić information content (AvgIpc) is 2.10. The van der Waals surface area contributed by atoms with Crippen LogP contribution in [0.1, 0.15) is 6.42 Å². The summed E-state index contributed by atoms with van der Waals surface area (Å²) in [6.45, 7) is -2.21. The number of hydrogen-bond donors (Lipinski definition) is 0. The van der Waals surface area contributed by atoms with Crippen molar-refractivity contribution < 1.29 is 22.3 Å². The van der Waals surface area contributed by atoms with Gasteiger partial charge in [0, 0.05) is 6.42 Å². The largest absolute Gasteiger partial charge is 0.339 e. The van der Waals surface area contributed by atoms with Crippen LogP contribution in [0.25, 0.3) is 0 Å². The molecular formula is C5H6F4O. The van der Waals surface area contributed by atoms with E-state index in [1.54, 1.807) is 0 Å². The number of ether oxygens (including phenoxy) is 1. The van der Waals surface area contributed by atoms with Crippen molar-refractivity contribution >= 4 is 0 Å². The summed E-state index contributed by atoms with van der Waals surface area (Å²) in [5.74, 6) is -7.03. The lowest BCUT2D eigenvalue weighted by molar-refractivity contribution is -0.231. The second-order valence-electron chi connectivity index (χ2n) is 2.16. The van der Waals surface area contributed by atoms with Crippen LogP contribution in [0.5, 0.6) is 0 Å². The summed E-state index contributed by atoms with van der Waals surface area (Å²) in [4.78, 5) is 0. The van der Waals surface area contributed by atoms with E-state index < -0.39 is 31.5 Å². The summed E-state index contributed by atoms with van der Waals surface area (Å²) in [7, 11) is 0. The fourth-order valence-corrected chi connectivity index (χ4v) is 0.770. The number of alkyl halides is 4. The highest BCUT2D eigenvalue weighted by Gasteiger charge is 2.60. The van der Waals surface area contributed by atoms with Crippen molar-refractivity contribution in [3.8, 4) is 0 Å². The van der Waals surface area contributed by atoms with E-state index in [0.29, 0.717) is 0 Å². The highest BCUT2D eigenvalue weighted by molar-refractivity contribution is 4.90. The van der Waals surface area contributed by atoms with Crippen LogP contribution < -0.4 is 0 Å². The zero-order chi connectivity index (χ0) is 7.83. The lowest BCUT2D eigenvalue weighted by Crippen LogP contribution is -2.42. The molecule has 1 unspecified atom stereocenters. The first-order valence-electron chi connectivity index (χ1n) is 2.78. The highest BCUT2D eigenvalue weighted by atomic mass is 19.3. The Labute approximate surface area is 55.0 Å². The molecule has 1 rings (SSSR count). The predicted octanol–water partition coefficient (Wildman–Crippen LogP) is 1.68. The molecule has 0 aromatic rings. The van der Waals surface area contributed by atoms with E-state index in [1.807, 2.05) is 0 Å². The van der Waals surface area contributed by atoms with Gasteiger partial charge in [-0.05, 0) is 0 Å². The minimum atomic E-state index is -3.66. The normalized spacial score (nSPS) is 38.4. The van der Waals surface area contributed by atoms with Crippen LogP contribution in [0, 0.1) is 0 Å². The van der Waals surface area contributed by atoms with Gasteiger partial charge in [0.2, 0.25) is 0 Å². The first kappa shape index (κ1) is 7.78. The van der Waals surface area contributed by atoms with Crippen LogP contribution in [0.3, 0.4) is 0 Å². The monoisotopic (exact) mass is 158 g/mol. The molecule has 0 saturated carbocycles. The Morgan fingerprint density at radius 2 is 1.90 bits per heavy atom. The van der Waals surface area contributed by atoms with Gasteiger partial charge in [-0.1, -0.05) is 0 Å². The highest BCUT2D eigenvalue weighted by Crippen LogP contribution is 2.42. The zero-order valence-corrected chi connectivity index (χ0v) is 5.04. The lowest BCUT2D eigenvalue weighted by atomic mass is 10.1. The van der Waals surface area contributed by atoms with Gasteiger partial charge in [0.1, 0.15) is 0 Å². The number of hydrogen-bond acceptors (Lipinski definition) is 1. The van der Waals surface area contributed by atoms with Crippen LogP contribution in [0.15, 0.2) is 0 Å². The first-order chi connectivity index (χ1) is 4.52. The van der Waals surface area contributed by atoms with Crippen LogP contribution in [-0.2, 0) is 4.74 Å². The van der Waals surface area contributed by atoms with Crippen molar-refractivity contribution in [2.45, 2.75) is 18.2 Å². The Hall–Kier alpha value is -0.320. The molecule has 5 heteroatoms. The van der Waals surface area contributed by atoms with Gasteiger partial charge in [0.15, 0.2) is 6.67 Å². The maximum atomic E-state index is 12.5. The first-order valence-corrected chi connectivity index (χ1v) is 2.78. The molecule has 0 amide bonds. The van der Waals surface area contributed by atoms with Crippen LogP contribution in [-0.4, -0.2) is 25.1 Å². The molecule has 1 atom stereocenters. The molecule has 0 aromatic heterocycles. The van der Waals surface area contributed by atoms with Crippen molar-refractivity contribution in [2.75, 3.05) is 13.3 Å². The lowest BCUT2D eigenvalue weighted by Gasteiger charge is -2.21. The average molecular weight is 158 g/mol. The molecule has 1 saturated heterocycles. The summed E-state index contributed by atoms with van der Waals surface area (Å²) in [5.41, 5.74) is 0. The molecule has 0 aromatic carbocycles. The van der Waals surface area contributed by atoms with Crippen molar-refractivity contribution in [3.63, 3.8) is 0 Å². The molecule has 1 aliphatic heterocycles. The standard InChI is InChI=1S/C5H6F4O/c6-3-5(9)4(7,8)1-2-10-5/h1-3H2. The Kier molecular flexibility index (Phi) is 1.62. The number of rotatable bonds is 1. The van der Waals surface area contributed by atoms with Gasteiger partial charge in [-0.25, -0.2) is 17.6 Å². The van der Waals surface area contributed by atoms with Gasteiger partial charge in [-0.15, -0.1) is 0 Å². The van der Waals surface area contributed by atoms with Crippen molar-refractivity contribution in [2.24, 2.45) is 0 Å². The van der Waals surface area contributed by atoms with Crippen LogP contribution in [0.4, 0.5) is 17.6 Å². The molecule has 0 spiro atoms. The van der Waals surface area contributed by atoms with Gasteiger partial charge < -0.3 is 4.74 Å². The van der Waals surface area contributed by atoms with E-state index in [0.717, 1.165) is 0 Å². The minimum absolute atomic E-state index is 0.423. The van der Waals surface area contributed by atoms with E-state index >= 15 is 0 Å². The van der Waals surface area contributed by atoms with E-state index in [2.05, 4.69) is 4.74 Å². The quantitative estimate of drug-likeness (QED) is 0.527. The van der Waals surface area contributed by atoms with Crippen molar-refractivity contribution in [3.05, 3.63) is 0 Å². The van der Waals surface area contributed by atoms with Gasteiger partial charge in [0.25, 0.3) is 0 Å². The van der Waals surface area contributed by atoms with Gasteiger partial charge in [-0.3, -0.25) is 0 Å². The molecule has 0 radical (unpaired) electrons. The Bertz CT molecular complexity index is 138. The molecular weight excluding hydrogens is 152 g/mol. The molecule has 0 aliphatic carbocycles. The Balaban J connectivity index is 2.76. The molecule has 1 aliphatic rings. The molecule has 1 nitrogen and oxygen atoms in total. The van der Waals surface area contributed by atoms with Crippen molar-refractivity contribution in [1.82, 2.24) is 0 Å². The second kappa shape index (κ2) is 2.08. The van der Waals surface area contributed by atoms with Gasteiger partial charge in [0.05, 0.1) is 6.61 Å². The Morgan fingerprint density at radius 1 is 1.30 bits per heavy atom. The summed E-state index contributed by atoms with van der Waals surface area (Å²) in [6, 6.07) is 0. The maximum absolute atomic E-state index is 12.5. The van der Waals surface area contributed by atoms with Crippen molar-refractivity contribution in [1.29, 1.82) is 0 Å². The topological polar surface area (TPSA) is 9.23 Å². The third-order valence-electron chi connectivity index (χ3n) is 1.46. The van der Waals surface area contributed by atoms with E-state index in [9.17, 15) is 17.6 Å². The maximum Gasteiger partial charge on any atom is 0.310 e. The van der Waals surface area contributed by atoms with E-state index in [1.165, 1.54) is 0 Å². The third kappa shape index (κ3) is 0.885. The van der Waals surface area contributed by atoms with E-state index in [4.69, 9.17) is 0 Å².